The van der Waals surface area contributed by atoms with Crippen molar-refractivity contribution < 1.29 is 9.90 Å². The molecule has 1 heterocycles. The number of aliphatic hydroxyl groups is 1. The third kappa shape index (κ3) is 2.33. The second-order valence-electron chi connectivity index (χ2n) is 5.99. The summed E-state index contributed by atoms with van der Waals surface area (Å²) in [6.07, 6.45) is 4.26. The standard InChI is InChI=1S/C16H20ClNO2/c17-13-5-3-4-12(10-13)16(7-1-2-8-16)15(20)18-9-6-14(19)11-18/h3-5,10,14,19H,1-2,6-9,11H2/t14-/m1/s1. The molecule has 1 aromatic rings. The molecule has 4 heteroatoms. The van der Waals surface area contributed by atoms with Gasteiger partial charge in [-0.05, 0) is 37.0 Å². The molecule has 1 N–H and O–H groups in total. The van der Waals surface area contributed by atoms with E-state index in [0.29, 0.717) is 24.5 Å². The zero-order chi connectivity index (χ0) is 14.2. The summed E-state index contributed by atoms with van der Waals surface area (Å²) in [6, 6.07) is 7.71. The van der Waals surface area contributed by atoms with E-state index in [4.69, 9.17) is 11.6 Å². The van der Waals surface area contributed by atoms with E-state index in [9.17, 15) is 9.90 Å². The molecule has 2 aliphatic rings. The lowest BCUT2D eigenvalue weighted by Crippen LogP contribution is -2.44. The molecule has 108 valence electrons. The highest BCUT2D eigenvalue weighted by Crippen LogP contribution is 2.43. The number of hydrogen-bond donors (Lipinski definition) is 1. The van der Waals surface area contributed by atoms with Crippen LogP contribution in [0, 0.1) is 0 Å². The molecule has 0 unspecified atom stereocenters. The van der Waals surface area contributed by atoms with Gasteiger partial charge in [0.1, 0.15) is 0 Å². The summed E-state index contributed by atoms with van der Waals surface area (Å²) in [5, 5.41) is 10.4. The molecule has 1 aliphatic carbocycles. The van der Waals surface area contributed by atoms with Crippen LogP contribution in [0.1, 0.15) is 37.7 Å². The molecule has 1 amide bonds. The first-order valence-corrected chi connectivity index (χ1v) is 7.73. The Balaban J connectivity index is 1.93. The molecule has 0 spiro atoms. The first-order chi connectivity index (χ1) is 9.62. The number of likely N-dealkylation sites (tertiary alicyclic amines) is 1. The van der Waals surface area contributed by atoms with Gasteiger partial charge in [0, 0.05) is 18.1 Å². The van der Waals surface area contributed by atoms with Crippen molar-refractivity contribution in [3.8, 4) is 0 Å². The summed E-state index contributed by atoms with van der Waals surface area (Å²) in [5.74, 6) is 0.175. The fourth-order valence-electron chi connectivity index (χ4n) is 3.62. The zero-order valence-corrected chi connectivity index (χ0v) is 12.3. The van der Waals surface area contributed by atoms with Crippen LogP contribution in [0.25, 0.3) is 0 Å². The number of benzene rings is 1. The SMILES string of the molecule is O=C(N1CC[C@@H](O)C1)C1(c2cccc(Cl)c2)CCCC1. The van der Waals surface area contributed by atoms with Crippen LogP contribution in [0.15, 0.2) is 24.3 Å². The lowest BCUT2D eigenvalue weighted by molar-refractivity contribution is -0.136. The summed E-state index contributed by atoms with van der Waals surface area (Å²) >= 11 is 6.11. The fraction of sp³-hybridized carbons (Fsp3) is 0.562. The molecule has 3 rings (SSSR count). The lowest BCUT2D eigenvalue weighted by Gasteiger charge is -2.33. The Kier molecular flexibility index (Phi) is 3.74. The number of halogens is 1. The summed E-state index contributed by atoms with van der Waals surface area (Å²) in [5.41, 5.74) is 0.614. The molecular weight excluding hydrogens is 274 g/mol. The van der Waals surface area contributed by atoms with Gasteiger partial charge in [0.15, 0.2) is 0 Å². The molecule has 20 heavy (non-hydrogen) atoms. The van der Waals surface area contributed by atoms with Gasteiger partial charge < -0.3 is 10.0 Å². The predicted octanol–water partition coefficient (Wildman–Crippen LogP) is 2.75. The van der Waals surface area contributed by atoms with E-state index in [1.807, 2.05) is 29.2 Å². The van der Waals surface area contributed by atoms with E-state index >= 15 is 0 Å². The third-order valence-corrected chi connectivity index (χ3v) is 4.93. The molecule has 2 fully saturated rings. The van der Waals surface area contributed by atoms with Gasteiger partial charge in [0.05, 0.1) is 11.5 Å². The largest absolute Gasteiger partial charge is 0.391 e. The molecule has 1 aromatic carbocycles. The number of aliphatic hydroxyl groups excluding tert-OH is 1. The van der Waals surface area contributed by atoms with E-state index < -0.39 is 5.41 Å². The maximum absolute atomic E-state index is 13.0. The minimum absolute atomic E-state index is 0.175. The van der Waals surface area contributed by atoms with Crippen LogP contribution in [0.2, 0.25) is 5.02 Å². The van der Waals surface area contributed by atoms with Crippen LogP contribution >= 0.6 is 11.6 Å². The van der Waals surface area contributed by atoms with Crippen molar-refractivity contribution in [3.05, 3.63) is 34.9 Å². The highest BCUT2D eigenvalue weighted by atomic mass is 35.5. The maximum Gasteiger partial charge on any atom is 0.233 e. The third-order valence-electron chi connectivity index (χ3n) is 4.69. The first kappa shape index (κ1) is 13.9. The molecule has 3 nitrogen and oxygen atoms in total. The topological polar surface area (TPSA) is 40.5 Å². The van der Waals surface area contributed by atoms with Crippen molar-refractivity contribution >= 4 is 17.5 Å². The minimum Gasteiger partial charge on any atom is -0.391 e. The smallest absolute Gasteiger partial charge is 0.233 e. The van der Waals surface area contributed by atoms with Crippen molar-refractivity contribution in [2.45, 2.75) is 43.6 Å². The quantitative estimate of drug-likeness (QED) is 0.911. The number of amides is 1. The van der Waals surface area contributed by atoms with E-state index in [1.165, 1.54) is 0 Å². The van der Waals surface area contributed by atoms with E-state index in [-0.39, 0.29) is 12.0 Å². The van der Waals surface area contributed by atoms with E-state index in [1.54, 1.807) is 0 Å². The highest BCUT2D eigenvalue weighted by molar-refractivity contribution is 6.30. The number of nitrogens with zero attached hydrogens (tertiary/aromatic N) is 1. The normalized spacial score (nSPS) is 25.1. The number of β-amino-alcohol motifs (C(OH)–C–C–N with tert-alkyl or cyclic N) is 1. The van der Waals surface area contributed by atoms with Gasteiger partial charge in [-0.2, -0.15) is 0 Å². The van der Waals surface area contributed by atoms with Gasteiger partial charge in [-0.25, -0.2) is 0 Å². The van der Waals surface area contributed by atoms with Crippen LogP contribution in [-0.2, 0) is 10.2 Å². The Bertz CT molecular complexity index is 511. The average molecular weight is 294 g/mol. The van der Waals surface area contributed by atoms with Gasteiger partial charge in [-0.1, -0.05) is 36.6 Å². The van der Waals surface area contributed by atoms with Crippen molar-refractivity contribution in [2.75, 3.05) is 13.1 Å². The van der Waals surface area contributed by atoms with Gasteiger partial charge >= 0.3 is 0 Å². The van der Waals surface area contributed by atoms with Crippen LogP contribution in [0.3, 0.4) is 0 Å². The Morgan fingerprint density at radius 1 is 1.35 bits per heavy atom. The summed E-state index contributed by atoms with van der Waals surface area (Å²) < 4.78 is 0. The number of carbonyl (C=O) groups excluding carboxylic acids is 1. The Hall–Kier alpha value is -1.06. The maximum atomic E-state index is 13.0. The fourth-order valence-corrected chi connectivity index (χ4v) is 3.81. The molecule has 1 atom stereocenters. The monoisotopic (exact) mass is 293 g/mol. The van der Waals surface area contributed by atoms with Crippen LogP contribution in [0.4, 0.5) is 0 Å². The predicted molar refractivity (Wildman–Crippen MR) is 78.8 cm³/mol. The Morgan fingerprint density at radius 3 is 2.70 bits per heavy atom. The van der Waals surface area contributed by atoms with Crippen molar-refractivity contribution in [1.29, 1.82) is 0 Å². The lowest BCUT2D eigenvalue weighted by atomic mass is 9.77. The van der Waals surface area contributed by atoms with Crippen molar-refractivity contribution in [1.82, 2.24) is 4.90 Å². The average Bonchev–Trinajstić information content (AvgIpc) is 3.07. The van der Waals surface area contributed by atoms with E-state index in [2.05, 4.69) is 0 Å². The second kappa shape index (κ2) is 5.38. The Labute approximate surface area is 124 Å². The molecule has 0 aromatic heterocycles. The molecule has 1 saturated carbocycles. The second-order valence-corrected chi connectivity index (χ2v) is 6.43. The van der Waals surface area contributed by atoms with Crippen LogP contribution in [0.5, 0.6) is 0 Å². The molecule has 0 bridgehead atoms. The van der Waals surface area contributed by atoms with Gasteiger partial charge in [0.25, 0.3) is 0 Å². The number of hydrogen-bond acceptors (Lipinski definition) is 2. The van der Waals surface area contributed by atoms with Crippen LogP contribution < -0.4 is 0 Å². The van der Waals surface area contributed by atoms with Crippen LogP contribution in [-0.4, -0.2) is 35.1 Å². The summed E-state index contributed by atoms with van der Waals surface area (Å²) in [4.78, 5) is 14.8. The minimum atomic E-state index is -0.422. The van der Waals surface area contributed by atoms with Gasteiger partial charge in [-0.3, -0.25) is 4.79 Å². The molecular formula is C16H20ClNO2. The Morgan fingerprint density at radius 2 is 2.10 bits per heavy atom. The molecule has 0 radical (unpaired) electrons. The first-order valence-electron chi connectivity index (χ1n) is 7.35. The van der Waals surface area contributed by atoms with Gasteiger partial charge in [0.2, 0.25) is 5.91 Å². The number of carbonyl (C=O) groups is 1. The molecule has 1 aliphatic heterocycles. The van der Waals surface area contributed by atoms with Crippen molar-refractivity contribution in [3.63, 3.8) is 0 Å². The van der Waals surface area contributed by atoms with Gasteiger partial charge in [-0.15, -0.1) is 0 Å². The highest BCUT2D eigenvalue weighted by Gasteiger charge is 2.46. The molecule has 1 saturated heterocycles. The van der Waals surface area contributed by atoms with Crippen molar-refractivity contribution in [2.24, 2.45) is 0 Å². The number of rotatable bonds is 2. The summed E-state index contributed by atoms with van der Waals surface area (Å²) in [7, 11) is 0. The zero-order valence-electron chi connectivity index (χ0n) is 11.5. The summed E-state index contributed by atoms with van der Waals surface area (Å²) in [6.45, 7) is 1.14. The van der Waals surface area contributed by atoms with E-state index in [0.717, 1.165) is 31.2 Å².